The second-order valence-corrected chi connectivity index (χ2v) is 5.94. The highest BCUT2D eigenvalue weighted by molar-refractivity contribution is 9.10. The van der Waals surface area contributed by atoms with Crippen molar-refractivity contribution in [2.75, 3.05) is 11.4 Å². The molecule has 0 aliphatic carbocycles. The lowest BCUT2D eigenvalue weighted by Gasteiger charge is -2.22. The summed E-state index contributed by atoms with van der Waals surface area (Å²) in [5.41, 5.74) is 2.10. The standard InChI is InChI=1S/C17H14BrFN2O2.C2H6/c1-3-4-10(2)17(22)21-6-5-11-7-14(18)23-16(11)15-13(21)8-12(19)9-20-15;1-2/h3-4,7-9H,2,5-6H2,1H3;1-2H3/b4-3-;. The van der Waals surface area contributed by atoms with E-state index in [0.717, 1.165) is 11.8 Å². The lowest BCUT2D eigenvalue weighted by Crippen LogP contribution is -2.33. The van der Waals surface area contributed by atoms with E-state index in [9.17, 15) is 9.18 Å². The van der Waals surface area contributed by atoms with Crippen LogP contribution in [0.1, 0.15) is 26.3 Å². The Balaban J connectivity index is 0.00000109. The van der Waals surface area contributed by atoms with Crippen LogP contribution >= 0.6 is 15.9 Å². The van der Waals surface area contributed by atoms with E-state index in [-0.39, 0.29) is 5.91 Å². The van der Waals surface area contributed by atoms with Crippen LogP contribution in [0.25, 0.3) is 11.5 Å². The van der Waals surface area contributed by atoms with Gasteiger partial charge in [0.05, 0.1) is 11.9 Å². The van der Waals surface area contributed by atoms with Crippen LogP contribution in [0.2, 0.25) is 0 Å². The Bertz CT molecular complexity index is 827. The molecule has 0 saturated carbocycles. The van der Waals surface area contributed by atoms with Gasteiger partial charge >= 0.3 is 0 Å². The van der Waals surface area contributed by atoms with Gasteiger partial charge < -0.3 is 9.32 Å². The number of furan rings is 1. The number of allylic oxidation sites excluding steroid dienone is 1. The molecular weight excluding hydrogens is 387 g/mol. The van der Waals surface area contributed by atoms with Gasteiger partial charge in [0, 0.05) is 23.7 Å². The molecule has 132 valence electrons. The van der Waals surface area contributed by atoms with Crippen molar-refractivity contribution in [2.24, 2.45) is 0 Å². The number of carbonyl (C=O) groups excluding carboxylic acids is 1. The zero-order valence-electron chi connectivity index (χ0n) is 14.5. The largest absolute Gasteiger partial charge is 0.447 e. The predicted octanol–water partition coefficient (Wildman–Crippen LogP) is 5.29. The van der Waals surface area contributed by atoms with Crippen molar-refractivity contribution in [1.29, 1.82) is 0 Å². The molecule has 1 aliphatic heterocycles. The third kappa shape index (κ3) is 3.90. The molecular formula is C19H20BrFN2O2. The number of halogens is 2. The smallest absolute Gasteiger partial charge is 0.257 e. The summed E-state index contributed by atoms with van der Waals surface area (Å²) in [5.74, 6) is -0.230. The van der Waals surface area contributed by atoms with Gasteiger partial charge in [0.15, 0.2) is 10.4 Å². The van der Waals surface area contributed by atoms with Gasteiger partial charge in [0.25, 0.3) is 5.91 Å². The third-order valence-electron chi connectivity index (χ3n) is 3.61. The monoisotopic (exact) mass is 406 g/mol. The fraction of sp³-hybridized carbons (Fsp3) is 0.263. The highest BCUT2D eigenvalue weighted by atomic mass is 79.9. The fourth-order valence-corrected chi connectivity index (χ4v) is 3.04. The van der Waals surface area contributed by atoms with Gasteiger partial charge in [-0.05, 0) is 35.3 Å². The zero-order valence-corrected chi connectivity index (χ0v) is 16.1. The van der Waals surface area contributed by atoms with Crippen LogP contribution in [0.5, 0.6) is 0 Å². The SMILES string of the molecule is C=C(/C=C\C)C(=O)N1CCc2cc(Br)oc2-c2ncc(F)cc21.CC. The first-order chi connectivity index (χ1) is 12.0. The first-order valence-corrected chi connectivity index (χ1v) is 8.88. The average Bonchev–Trinajstić information content (AvgIpc) is 2.91. The Morgan fingerprint density at radius 3 is 2.84 bits per heavy atom. The van der Waals surface area contributed by atoms with Crippen LogP contribution in [0.4, 0.5) is 10.1 Å². The molecule has 0 N–H and O–H groups in total. The minimum absolute atomic E-state index is 0.277. The quantitative estimate of drug-likeness (QED) is 0.502. The van der Waals surface area contributed by atoms with Crippen molar-refractivity contribution in [3.63, 3.8) is 0 Å². The van der Waals surface area contributed by atoms with Crippen molar-refractivity contribution < 1.29 is 13.6 Å². The van der Waals surface area contributed by atoms with E-state index in [2.05, 4.69) is 27.5 Å². The Hall–Kier alpha value is -2.21. The Morgan fingerprint density at radius 2 is 2.16 bits per heavy atom. The molecule has 0 spiro atoms. The number of anilines is 1. The lowest BCUT2D eigenvalue weighted by molar-refractivity contribution is -0.114. The van der Waals surface area contributed by atoms with Crippen LogP contribution in [-0.2, 0) is 11.2 Å². The van der Waals surface area contributed by atoms with Gasteiger partial charge in [-0.3, -0.25) is 4.79 Å². The Kier molecular flexibility index (Phi) is 6.31. The van der Waals surface area contributed by atoms with Crippen molar-refractivity contribution in [3.05, 3.63) is 58.7 Å². The third-order valence-corrected chi connectivity index (χ3v) is 4.00. The number of aromatic nitrogens is 1. The van der Waals surface area contributed by atoms with Crippen molar-refractivity contribution in [3.8, 4) is 11.5 Å². The van der Waals surface area contributed by atoms with Crippen LogP contribution in [0.3, 0.4) is 0 Å². The molecule has 0 bridgehead atoms. The zero-order chi connectivity index (χ0) is 18.6. The Labute approximate surface area is 155 Å². The van der Waals surface area contributed by atoms with Crippen LogP contribution in [0.15, 0.2) is 51.7 Å². The highest BCUT2D eigenvalue weighted by Crippen LogP contribution is 2.38. The molecule has 0 aromatic carbocycles. The lowest BCUT2D eigenvalue weighted by atomic mass is 10.1. The van der Waals surface area contributed by atoms with Gasteiger partial charge in [0.2, 0.25) is 0 Å². The summed E-state index contributed by atoms with van der Waals surface area (Å²) >= 11 is 3.30. The average molecular weight is 407 g/mol. The minimum atomic E-state index is -0.507. The maximum atomic E-state index is 13.7. The molecule has 0 radical (unpaired) electrons. The number of carbonyl (C=O) groups is 1. The minimum Gasteiger partial charge on any atom is -0.447 e. The molecule has 6 heteroatoms. The molecule has 4 nitrogen and oxygen atoms in total. The molecule has 2 aromatic rings. The van der Waals surface area contributed by atoms with E-state index < -0.39 is 5.82 Å². The number of pyridine rings is 1. The molecule has 2 aromatic heterocycles. The van der Waals surface area contributed by atoms with Crippen molar-refractivity contribution in [1.82, 2.24) is 4.98 Å². The van der Waals surface area contributed by atoms with E-state index in [4.69, 9.17) is 4.42 Å². The van der Waals surface area contributed by atoms with Gasteiger partial charge in [-0.25, -0.2) is 9.37 Å². The molecule has 0 atom stereocenters. The molecule has 0 saturated heterocycles. The summed E-state index contributed by atoms with van der Waals surface area (Å²) in [6.45, 7) is 9.98. The number of rotatable bonds is 2. The van der Waals surface area contributed by atoms with Crippen LogP contribution in [0, 0.1) is 5.82 Å². The van der Waals surface area contributed by atoms with Crippen molar-refractivity contribution >= 4 is 27.5 Å². The summed E-state index contributed by atoms with van der Waals surface area (Å²) in [4.78, 5) is 18.3. The molecule has 0 unspecified atom stereocenters. The number of nitrogens with zero attached hydrogens (tertiary/aromatic N) is 2. The fourth-order valence-electron chi connectivity index (χ4n) is 2.60. The second-order valence-electron chi connectivity index (χ2n) is 5.16. The van der Waals surface area contributed by atoms with E-state index in [1.807, 2.05) is 26.8 Å². The van der Waals surface area contributed by atoms with E-state index >= 15 is 0 Å². The summed E-state index contributed by atoms with van der Waals surface area (Å²) in [6, 6.07) is 3.15. The summed E-state index contributed by atoms with van der Waals surface area (Å²) < 4.78 is 19.9. The van der Waals surface area contributed by atoms with E-state index in [1.165, 1.54) is 11.0 Å². The normalized spacial score (nSPS) is 12.8. The molecule has 0 fully saturated rings. The number of hydrogen-bond acceptors (Lipinski definition) is 3. The van der Waals surface area contributed by atoms with Gasteiger partial charge in [-0.15, -0.1) is 0 Å². The molecule has 25 heavy (non-hydrogen) atoms. The molecule has 3 heterocycles. The second kappa shape index (κ2) is 8.25. The first-order valence-electron chi connectivity index (χ1n) is 8.09. The van der Waals surface area contributed by atoms with Gasteiger partial charge in [-0.1, -0.05) is 32.6 Å². The van der Waals surface area contributed by atoms with E-state index in [1.54, 1.807) is 12.2 Å². The number of amides is 1. The first kappa shape index (κ1) is 19.1. The van der Waals surface area contributed by atoms with Crippen molar-refractivity contribution in [2.45, 2.75) is 27.2 Å². The van der Waals surface area contributed by atoms with Crippen LogP contribution < -0.4 is 4.90 Å². The van der Waals surface area contributed by atoms with Gasteiger partial charge in [0.1, 0.15) is 11.5 Å². The molecule has 1 aliphatic rings. The Morgan fingerprint density at radius 1 is 1.44 bits per heavy atom. The summed E-state index contributed by atoms with van der Waals surface area (Å²) in [6.07, 6.45) is 5.07. The predicted molar refractivity (Wildman–Crippen MR) is 101 cm³/mol. The number of hydrogen-bond donors (Lipinski definition) is 0. The highest BCUT2D eigenvalue weighted by Gasteiger charge is 2.29. The maximum absolute atomic E-state index is 13.7. The van der Waals surface area contributed by atoms with E-state index in [0.29, 0.717) is 40.3 Å². The summed E-state index contributed by atoms with van der Waals surface area (Å²) in [7, 11) is 0. The van der Waals surface area contributed by atoms with Crippen LogP contribution in [-0.4, -0.2) is 17.4 Å². The molecule has 1 amide bonds. The maximum Gasteiger partial charge on any atom is 0.257 e. The van der Waals surface area contributed by atoms with Gasteiger partial charge in [-0.2, -0.15) is 0 Å². The summed E-state index contributed by atoms with van der Waals surface area (Å²) in [5, 5.41) is 0. The molecule has 3 rings (SSSR count). The topological polar surface area (TPSA) is 46.3 Å². The number of fused-ring (bicyclic) bond motifs is 3.